The van der Waals surface area contributed by atoms with Crippen LogP contribution in [-0.4, -0.2) is 16.8 Å². The Morgan fingerprint density at radius 2 is 2.00 bits per heavy atom. The van der Waals surface area contributed by atoms with E-state index >= 15 is 0 Å². The highest BCUT2D eigenvalue weighted by molar-refractivity contribution is 7.80. The van der Waals surface area contributed by atoms with Crippen LogP contribution in [0.4, 0.5) is 14.9 Å². The third-order valence-electron chi connectivity index (χ3n) is 1.85. The van der Waals surface area contributed by atoms with Gasteiger partial charge in [-0.2, -0.15) is 0 Å². The second kappa shape index (κ2) is 6.71. The number of amides is 1. The first-order chi connectivity index (χ1) is 9.17. The van der Waals surface area contributed by atoms with Crippen LogP contribution in [0.5, 0.6) is 0 Å². The molecule has 0 atom stereocenters. The van der Waals surface area contributed by atoms with Crippen LogP contribution < -0.4 is 16.2 Å². The van der Waals surface area contributed by atoms with E-state index in [1.807, 2.05) is 0 Å². The number of benzene rings is 1. The lowest BCUT2D eigenvalue weighted by Crippen LogP contribution is -2.45. The summed E-state index contributed by atoms with van der Waals surface area (Å²) < 4.78 is 18.0. The SMILES string of the molecule is CC(C)(C)OC(=O)NNC(=S)Nc1ccc(F)c(Cl)c1. The van der Waals surface area contributed by atoms with E-state index in [9.17, 15) is 9.18 Å². The van der Waals surface area contributed by atoms with Crippen LogP contribution in [0, 0.1) is 5.82 Å². The van der Waals surface area contributed by atoms with Gasteiger partial charge in [0.2, 0.25) is 0 Å². The summed E-state index contributed by atoms with van der Waals surface area (Å²) in [5, 5.41) is 2.81. The molecular weight excluding hydrogens is 305 g/mol. The molecule has 0 aliphatic rings. The highest BCUT2D eigenvalue weighted by Gasteiger charge is 2.15. The number of rotatable bonds is 1. The van der Waals surface area contributed by atoms with Gasteiger partial charge in [-0.05, 0) is 51.2 Å². The molecule has 5 nitrogen and oxygen atoms in total. The van der Waals surface area contributed by atoms with Gasteiger partial charge in [-0.3, -0.25) is 5.43 Å². The van der Waals surface area contributed by atoms with Crippen LogP contribution in [0.2, 0.25) is 5.02 Å². The molecule has 110 valence electrons. The van der Waals surface area contributed by atoms with Crippen molar-refractivity contribution in [3.63, 3.8) is 0 Å². The van der Waals surface area contributed by atoms with E-state index in [1.165, 1.54) is 18.2 Å². The molecule has 0 saturated heterocycles. The van der Waals surface area contributed by atoms with E-state index in [0.717, 1.165) is 0 Å². The Morgan fingerprint density at radius 3 is 2.55 bits per heavy atom. The number of hydrazine groups is 1. The number of nitrogens with one attached hydrogen (secondary N) is 3. The third kappa shape index (κ3) is 6.03. The van der Waals surface area contributed by atoms with Gasteiger partial charge in [0, 0.05) is 5.69 Å². The number of thiocarbonyl (C=S) groups is 1. The lowest BCUT2D eigenvalue weighted by molar-refractivity contribution is 0.0513. The standard InChI is InChI=1S/C12H15ClFN3O2S/c1-12(2,3)19-11(18)17-16-10(20)15-7-4-5-9(14)8(13)6-7/h4-6H,1-3H3,(H,17,18)(H2,15,16,20). The molecule has 0 radical (unpaired) electrons. The molecule has 0 fully saturated rings. The summed E-state index contributed by atoms with van der Waals surface area (Å²) in [6, 6.07) is 4.04. The Hall–Kier alpha value is -1.60. The van der Waals surface area contributed by atoms with Crippen LogP contribution in [0.25, 0.3) is 0 Å². The highest BCUT2D eigenvalue weighted by Crippen LogP contribution is 2.19. The maximum absolute atomic E-state index is 13.0. The van der Waals surface area contributed by atoms with Crippen molar-refractivity contribution in [1.82, 2.24) is 10.9 Å². The Bertz CT molecular complexity index is 520. The van der Waals surface area contributed by atoms with E-state index in [-0.39, 0.29) is 10.1 Å². The molecule has 20 heavy (non-hydrogen) atoms. The molecule has 0 aliphatic carbocycles. The van der Waals surface area contributed by atoms with Gasteiger partial charge in [-0.15, -0.1) is 0 Å². The predicted molar refractivity (Wildman–Crippen MR) is 80.1 cm³/mol. The molecular formula is C12H15ClFN3O2S. The molecule has 0 heterocycles. The molecule has 8 heteroatoms. The number of hydrogen-bond donors (Lipinski definition) is 3. The van der Waals surface area contributed by atoms with Gasteiger partial charge in [-0.1, -0.05) is 11.6 Å². The van der Waals surface area contributed by atoms with Gasteiger partial charge in [-0.25, -0.2) is 14.6 Å². The number of carbonyl (C=O) groups is 1. The minimum Gasteiger partial charge on any atom is -0.443 e. The summed E-state index contributed by atoms with van der Waals surface area (Å²) in [5.41, 5.74) is 4.59. The van der Waals surface area contributed by atoms with Crippen molar-refractivity contribution in [2.75, 3.05) is 5.32 Å². The summed E-state index contributed by atoms with van der Waals surface area (Å²) in [5.74, 6) is -0.525. The molecule has 1 aromatic rings. The highest BCUT2D eigenvalue weighted by atomic mass is 35.5. The largest absolute Gasteiger partial charge is 0.443 e. The molecule has 1 rings (SSSR count). The first-order valence-electron chi connectivity index (χ1n) is 5.68. The van der Waals surface area contributed by atoms with Crippen molar-refractivity contribution in [2.24, 2.45) is 0 Å². The van der Waals surface area contributed by atoms with Gasteiger partial charge in [0.25, 0.3) is 0 Å². The summed E-state index contributed by atoms with van der Waals surface area (Å²) in [4.78, 5) is 11.4. The fraction of sp³-hybridized carbons (Fsp3) is 0.333. The number of hydrogen-bond acceptors (Lipinski definition) is 3. The lowest BCUT2D eigenvalue weighted by atomic mass is 10.2. The van der Waals surface area contributed by atoms with Crippen molar-refractivity contribution >= 4 is 40.7 Å². The Labute approximate surface area is 126 Å². The van der Waals surface area contributed by atoms with E-state index in [4.69, 9.17) is 28.6 Å². The predicted octanol–water partition coefficient (Wildman–Crippen LogP) is 3.21. The smallest absolute Gasteiger partial charge is 0.426 e. The molecule has 1 aromatic carbocycles. The minimum absolute atomic E-state index is 0.0297. The van der Waals surface area contributed by atoms with Crippen molar-refractivity contribution < 1.29 is 13.9 Å². The van der Waals surface area contributed by atoms with Crippen LogP contribution in [-0.2, 0) is 4.74 Å². The molecule has 0 aliphatic heterocycles. The average Bonchev–Trinajstić information content (AvgIpc) is 2.29. The van der Waals surface area contributed by atoms with Crippen molar-refractivity contribution in [3.05, 3.63) is 29.0 Å². The number of halogens is 2. The van der Waals surface area contributed by atoms with E-state index < -0.39 is 17.5 Å². The van der Waals surface area contributed by atoms with Crippen molar-refractivity contribution in [2.45, 2.75) is 26.4 Å². The lowest BCUT2D eigenvalue weighted by Gasteiger charge is -2.20. The van der Waals surface area contributed by atoms with E-state index in [2.05, 4.69) is 16.2 Å². The third-order valence-corrected chi connectivity index (χ3v) is 2.35. The van der Waals surface area contributed by atoms with Gasteiger partial charge in [0.05, 0.1) is 5.02 Å². The normalized spacial score (nSPS) is 10.7. The van der Waals surface area contributed by atoms with Gasteiger partial charge in [0.1, 0.15) is 11.4 Å². The summed E-state index contributed by atoms with van der Waals surface area (Å²) >= 11 is 10.6. The van der Waals surface area contributed by atoms with Crippen LogP contribution in [0.15, 0.2) is 18.2 Å². The molecule has 0 spiro atoms. The topological polar surface area (TPSA) is 62.4 Å². The van der Waals surface area contributed by atoms with Crippen LogP contribution in [0.1, 0.15) is 20.8 Å². The Morgan fingerprint density at radius 1 is 1.35 bits per heavy atom. The molecule has 1 amide bonds. The number of ether oxygens (including phenoxy) is 1. The quantitative estimate of drug-likeness (QED) is 0.548. The summed E-state index contributed by atoms with van der Waals surface area (Å²) in [7, 11) is 0. The van der Waals surface area contributed by atoms with Gasteiger partial charge < -0.3 is 10.1 Å². The Kier molecular flexibility index (Phi) is 5.52. The number of carbonyl (C=O) groups excluding carboxylic acids is 1. The monoisotopic (exact) mass is 319 g/mol. The van der Waals surface area contributed by atoms with E-state index in [1.54, 1.807) is 20.8 Å². The maximum atomic E-state index is 13.0. The first-order valence-corrected chi connectivity index (χ1v) is 6.47. The molecule has 3 N–H and O–H groups in total. The zero-order chi connectivity index (χ0) is 15.3. The fourth-order valence-corrected chi connectivity index (χ4v) is 1.50. The maximum Gasteiger partial charge on any atom is 0.426 e. The Balaban J connectivity index is 2.44. The van der Waals surface area contributed by atoms with Crippen molar-refractivity contribution in [1.29, 1.82) is 0 Å². The molecule has 0 aromatic heterocycles. The molecule has 0 bridgehead atoms. The zero-order valence-corrected chi connectivity index (χ0v) is 12.8. The average molecular weight is 320 g/mol. The number of anilines is 1. The first kappa shape index (κ1) is 16.5. The fourth-order valence-electron chi connectivity index (χ4n) is 1.15. The second-order valence-electron chi connectivity index (χ2n) is 4.83. The zero-order valence-electron chi connectivity index (χ0n) is 11.2. The van der Waals surface area contributed by atoms with Crippen LogP contribution >= 0.6 is 23.8 Å². The minimum atomic E-state index is -0.668. The molecule has 0 unspecified atom stereocenters. The summed E-state index contributed by atoms with van der Waals surface area (Å²) in [6.07, 6.45) is -0.668. The van der Waals surface area contributed by atoms with Crippen LogP contribution in [0.3, 0.4) is 0 Å². The van der Waals surface area contributed by atoms with Gasteiger partial charge >= 0.3 is 6.09 Å². The second-order valence-corrected chi connectivity index (χ2v) is 5.65. The van der Waals surface area contributed by atoms with Gasteiger partial charge in [0.15, 0.2) is 5.11 Å². The summed E-state index contributed by atoms with van der Waals surface area (Å²) in [6.45, 7) is 5.22. The van der Waals surface area contributed by atoms with E-state index in [0.29, 0.717) is 5.69 Å². The van der Waals surface area contributed by atoms with Crippen molar-refractivity contribution in [3.8, 4) is 0 Å². The molecule has 0 saturated carbocycles.